The molecule has 0 heterocycles. The lowest BCUT2D eigenvalue weighted by atomic mass is 10.0. The second-order valence-corrected chi connectivity index (χ2v) is 9.88. The minimum absolute atomic E-state index is 0.0830. The van der Waals surface area contributed by atoms with E-state index in [4.69, 9.17) is 11.6 Å². The minimum atomic E-state index is -0.616. The van der Waals surface area contributed by atoms with E-state index in [1.165, 1.54) is 0 Å². The van der Waals surface area contributed by atoms with E-state index in [0.717, 1.165) is 47.9 Å². The van der Waals surface area contributed by atoms with Crippen LogP contribution >= 0.6 is 11.6 Å². The van der Waals surface area contributed by atoms with Gasteiger partial charge in [0.1, 0.15) is 6.04 Å². The summed E-state index contributed by atoms with van der Waals surface area (Å²) >= 11 is 6.39. The summed E-state index contributed by atoms with van der Waals surface area (Å²) in [4.78, 5) is 29.2. The number of halogens is 1. The number of nitrogens with zero attached hydrogens (tertiary/aromatic N) is 1. The zero-order chi connectivity index (χ0) is 24.6. The van der Waals surface area contributed by atoms with E-state index in [-0.39, 0.29) is 24.3 Å². The standard InChI is InChI=1S/C30H33ClN2O2/c1-22-15-17-24(18-16-22)21-33(29(34)20-25-11-5-8-14-27(25)31)28(19-23-9-3-2-4-10-23)30(35)32-26-12-6-7-13-26/h2-5,8-11,14-18,26,28H,6-7,12-13,19-21H2,1H3,(H,32,35)/t28-/m1/s1. The van der Waals surface area contributed by atoms with Gasteiger partial charge in [-0.3, -0.25) is 9.59 Å². The molecule has 1 aliphatic rings. The number of rotatable bonds is 9. The Labute approximate surface area is 213 Å². The van der Waals surface area contributed by atoms with Crippen LogP contribution in [-0.4, -0.2) is 28.8 Å². The van der Waals surface area contributed by atoms with Crippen molar-refractivity contribution >= 4 is 23.4 Å². The van der Waals surface area contributed by atoms with E-state index in [1.807, 2.05) is 79.7 Å². The zero-order valence-electron chi connectivity index (χ0n) is 20.3. The van der Waals surface area contributed by atoms with Crippen LogP contribution in [0.4, 0.5) is 0 Å². The summed E-state index contributed by atoms with van der Waals surface area (Å²) in [6, 6.07) is 25.0. The molecular weight excluding hydrogens is 456 g/mol. The normalized spacial score (nSPS) is 14.5. The van der Waals surface area contributed by atoms with E-state index in [2.05, 4.69) is 5.32 Å². The van der Waals surface area contributed by atoms with Crippen LogP contribution in [0.5, 0.6) is 0 Å². The van der Waals surface area contributed by atoms with Crippen LogP contribution in [-0.2, 0) is 29.0 Å². The van der Waals surface area contributed by atoms with Gasteiger partial charge >= 0.3 is 0 Å². The first-order valence-electron chi connectivity index (χ1n) is 12.4. The van der Waals surface area contributed by atoms with Gasteiger partial charge in [-0.25, -0.2) is 0 Å². The number of carbonyl (C=O) groups excluding carboxylic acids is 2. The van der Waals surface area contributed by atoms with Crippen LogP contribution < -0.4 is 5.32 Å². The minimum Gasteiger partial charge on any atom is -0.352 e. The molecule has 0 unspecified atom stereocenters. The SMILES string of the molecule is Cc1ccc(CN(C(=O)Cc2ccccc2Cl)[C@H](Cc2ccccc2)C(=O)NC2CCCC2)cc1. The van der Waals surface area contributed by atoms with Crippen molar-refractivity contribution in [3.63, 3.8) is 0 Å². The van der Waals surface area contributed by atoms with Crippen molar-refractivity contribution < 1.29 is 9.59 Å². The third-order valence-corrected chi connectivity index (χ3v) is 7.11. The largest absolute Gasteiger partial charge is 0.352 e. The maximum Gasteiger partial charge on any atom is 0.243 e. The first-order valence-corrected chi connectivity index (χ1v) is 12.8. The van der Waals surface area contributed by atoms with E-state index < -0.39 is 6.04 Å². The summed E-state index contributed by atoms with van der Waals surface area (Å²) in [5, 5.41) is 3.81. The molecule has 182 valence electrons. The summed E-state index contributed by atoms with van der Waals surface area (Å²) in [5.41, 5.74) is 3.94. The van der Waals surface area contributed by atoms with Crippen LogP contribution in [0.3, 0.4) is 0 Å². The van der Waals surface area contributed by atoms with E-state index in [9.17, 15) is 9.59 Å². The fraction of sp³-hybridized carbons (Fsp3) is 0.333. The molecule has 1 aliphatic carbocycles. The van der Waals surface area contributed by atoms with Crippen molar-refractivity contribution in [1.82, 2.24) is 10.2 Å². The Kier molecular flexibility index (Phi) is 8.59. The Balaban J connectivity index is 1.66. The van der Waals surface area contributed by atoms with Gasteiger partial charge in [0.15, 0.2) is 0 Å². The van der Waals surface area contributed by atoms with E-state index in [1.54, 1.807) is 11.0 Å². The molecular formula is C30H33ClN2O2. The lowest BCUT2D eigenvalue weighted by Gasteiger charge is -2.32. The predicted molar refractivity (Wildman–Crippen MR) is 141 cm³/mol. The van der Waals surface area contributed by atoms with Crippen LogP contribution in [0.2, 0.25) is 5.02 Å². The summed E-state index contributed by atoms with van der Waals surface area (Å²) in [7, 11) is 0. The highest BCUT2D eigenvalue weighted by Gasteiger charge is 2.32. The third kappa shape index (κ3) is 6.95. The highest BCUT2D eigenvalue weighted by atomic mass is 35.5. The van der Waals surface area contributed by atoms with Gasteiger partial charge in [-0.2, -0.15) is 0 Å². The molecule has 0 bridgehead atoms. The van der Waals surface area contributed by atoms with Crippen molar-refractivity contribution in [3.05, 3.63) is 106 Å². The Hall–Kier alpha value is -3.11. The lowest BCUT2D eigenvalue weighted by molar-refractivity contribution is -0.141. The van der Waals surface area contributed by atoms with Crippen molar-refractivity contribution in [3.8, 4) is 0 Å². The lowest BCUT2D eigenvalue weighted by Crippen LogP contribution is -2.52. The highest BCUT2D eigenvalue weighted by molar-refractivity contribution is 6.31. The van der Waals surface area contributed by atoms with Gasteiger partial charge in [0.05, 0.1) is 6.42 Å². The van der Waals surface area contributed by atoms with Crippen molar-refractivity contribution in [2.45, 2.75) is 64.1 Å². The van der Waals surface area contributed by atoms with Gasteiger partial charge < -0.3 is 10.2 Å². The number of amides is 2. The summed E-state index contributed by atoms with van der Waals surface area (Å²) in [6.07, 6.45) is 4.86. The Bertz CT molecular complexity index is 1120. The molecule has 1 N–H and O–H groups in total. The molecule has 1 atom stereocenters. The van der Waals surface area contributed by atoms with Crippen LogP contribution in [0.1, 0.15) is 47.9 Å². The van der Waals surface area contributed by atoms with Crippen LogP contribution in [0.15, 0.2) is 78.9 Å². The highest BCUT2D eigenvalue weighted by Crippen LogP contribution is 2.22. The zero-order valence-corrected chi connectivity index (χ0v) is 21.0. The predicted octanol–water partition coefficient (Wildman–Crippen LogP) is 5.89. The second kappa shape index (κ2) is 12.0. The van der Waals surface area contributed by atoms with Crippen molar-refractivity contribution in [1.29, 1.82) is 0 Å². The number of carbonyl (C=O) groups is 2. The molecule has 5 heteroatoms. The molecule has 3 aromatic carbocycles. The van der Waals surface area contributed by atoms with Gasteiger partial charge in [0, 0.05) is 24.0 Å². The van der Waals surface area contributed by atoms with E-state index >= 15 is 0 Å². The van der Waals surface area contributed by atoms with E-state index in [0.29, 0.717) is 18.0 Å². The molecule has 0 saturated heterocycles. The number of benzene rings is 3. The topological polar surface area (TPSA) is 49.4 Å². The Morgan fingerprint density at radius 2 is 1.57 bits per heavy atom. The first kappa shape index (κ1) is 25.0. The number of hydrogen-bond donors (Lipinski definition) is 1. The molecule has 1 saturated carbocycles. The van der Waals surface area contributed by atoms with Gasteiger partial charge in [-0.1, -0.05) is 103 Å². The van der Waals surface area contributed by atoms with Gasteiger partial charge in [-0.05, 0) is 42.5 Å². The summed E-state index contributed by atoms with van der Waals surface area (Å²) in [6.45, 7) is 2.40. The molecule has 4 nitrogen and oxygen atoms in total. The van der Waals surface area contributed by atoms with Gasteiger partial charge in [0.2, 0.25) is 11.8 Å². The molecule has 0 aromatic heterocycles. The van der Waals surface area contributed by atoms with Crippen LogP contribution in [0.25, 0.3) is 0 Å². The number of hydrogen-bond acceptors (Lipinski definition) is 2. The molecule has 2 amide bonds. The Morgan fingerprint density at radius 3 is 2.26 bits per heavy atom. The Morgan fingerprint density at radius 1 is 0.914 bits per heavy atom. The second-order valence-electron chi connectivity index (χ2n) is 9.47. The molecule has 3 aromatic rings. The molecule has 35 heavy (non-hydrogen) atoms. The summed E-state index contributed by atoms with van der Waals surface area (Å²) < 4.78 is 0. The smallest absolute Gasteiger partial charge is 0.243 e. The van der Waals surface area contributed by atoms with Crippen molar-refractivity contribution in [2.75, 3.05) is 0 Å². The number of nitrogens with one attached hydrogen (secondary N) is 1. The number of aryl methyl sites for hydroxylation is 1. The van der Waals surface area contributed by atoms with Crippen molar-refractivity contribution in [2.24, 2.45) is 0 Å². The molecule has 4 rings (SSSR count). The monoisotopic (exact) mass is 488 g/mol. The third-order valence-electron chi connectivity index (χ3n) is 6.75. The average molecular weight is 489 g/mol. The van der Waals surface area contributed by atoms with Gasteiger partial charge in [-0.15, -0.1) is 0 Å². The molecule has 1 fully saturated rings. The molecule has 0 radical (unpaired) electrons. The fourth-order valence-corrected chi connectivity index (χ4v) is 4.92. The molecule has 0 spiro atoms. The van der Waals surface area contributed by atoms with Gasteiger partial charge in [0.25, 0.3) is 0 Å². The summed E-state index contributed by atoms with van der Waals surface area (Å²) in [5.74, 6) is -0.193. The first-order chi connectivity index (χ1) is 17.0. The quantitative estimate of drug-likeness (QED) is 0.408. The van der Waals surface area contributed by atoms with Crippen LogP contribution in [0, 0.1) is 6.92 Å². The maximum absolute atomic E-state index is 13.8. The molecule has 0 aliphatic heterocycles. The maximum atomic E-state index is 13.8. The fourth-order valence-electron chi connectivity index (χ4n) is 4.72. The average Bonchev–Trinajstić information content (AvgIpc) is 3.37.